The average Bonchev–Trinajstić information content (AvgIpc) is 2.85. The molecule has 0 unspecified atom stereocenters. The molecule has 0 saturated carbocycles. The minimum atomic E-state index is -0.409. The summed E-state index contributed by atoms with van der Waals surface area (Å²) in [6, 6.07) is 4.68. The van der Waals surface area contributed by atoms with Crippen LogP contribution in [0.1, 0.15) is 30.7 Å². The summed E-state index contributed by atoms with van der Waals surface area (Å²) < 4.78 is 0.678. The van der Waals surface area contributed by atoms with Crippen LogP contribution in [0, 0.1) is 10.1 Å². The molecule has 0 radical (unpaired) electrons. The van der Waals surface area contributed by atoms with Gasteiger partial charge in [0.25, 0.3) is 5.69 Å². The summed E-state index contributed by atoms with van der Waals surface area (Å²) in [7, 11) is 0. The van der Waals surface area contributed by atoms with Gasteiger partial charge in [-0.15, -0.1) is 11.3 Å². The lowest BCUT2D eigenvalue weighted by Crippen LogP contribution is -2.09. The number of nitrogens with one attached hydrogen (secondary N) is 1. The van der Waals surface area contributed by atoms with Crippen molar-refractivity contribution in [1.29, 1.82) is 0 Å². The Balaban J connectivity index is 2.06. The van der Waals surface area contributed by atoms with Crippen molar-refractivity contribution in [3.05, 3.63) is 48.9 Å². The first-order chi connectivity index (χ1) is 9.77. The molecule has 1 N–H and O–H groups in total. The number of rotatable bonds is 4. The van der Waals surface area contributed by atoms with Crippen molar-refractivity contribution < 1.29 is 4.92 Å². The molecule has 0 aliphatic heterocycles. The molecular formula is C14H16BrN3O2S. The molecule has 0 spiro atoms. The lowest BCUT2D eigenvalue weighted by molar-refractivity contribution is -0.384. The van der Waals surface area contributed by atoms with Crippen LogP contribution in [0.3, 0.4) is 0 Å². The Kier molecular flexibility index (Phi) is 4.63. The topological polar surface area (TPSA) is 68.1 Å². The molecular weight excluding hydrogens is 354 g/mol. The molecule has 5 nitrogen and oxygen atoms in total. The van der Waals surface area contributed by atoms with Crippen molar-refractivity contribution >= 4 is 38.6 Å². The van der Waals surface area contributed by atoms with Crippen molar-refractivity contribution in [2.75, 3.05) is 5.32 Å². The lowest BCUT2D eigenvalue weighted by Gasteiger charge is -2.13. The second kappa shape index (κ2) is 6.11. The van der Waals surface area contributed by atoms with Gasteiger partial charge in [0.05, 0.1) is 16.5 Å². The Morgan fingerprint density at radius 2 is 2.14 bits per heavy atom. The first-order valence-electron chi connectivity index (χ1n) is 6.40. The molecule has 0 amide bonds. The number of halogens is 1. The number of non-ortho nitro benzene ring substituents is 1. The third-order valence-corrected chi connectivity index (χ3v) is 4.89. The van der Waals surface area contributed by atoms with Crippen LogP contribution in [0.4, 0.5) is 11.4 Å². The highest BCUT2D eigenvalue weighted by atomic mass is 79.9. The number of nitrogens with zero attached hydrogens (tertiary/aromatic N) is 2. The fraction of sp³-hybridized carbons (Fsp3) is 0.357. The maximum absolute atomic E-state index is 10.7. The minimum absolute atomic E-state index is 0.0524. The third kappa shape index (κ3) is 4.01. The van der Waals surface area contributed by atoms with Gasteiger partial charge in [-0.3, -0.25) is 10.1 Å². The van der Waals surface area contributed by atoms with E-state index in [1.54, 1.807) is 17.4 Å². The molecule has 0 bridgehead atoms. The standard InChI is InChI=1S/C14H16BrN3O2S/c1-14(2,3)13-17-8-10(21-13)7-16-12-5-4-9(18(19)20)6-11(12)15/h4-6,8,16H,7H2,1-3H3. The molecule has 0 aliphatic carbocycles. The number of hydrogen-bond donors (Lipinski definition) is 1. The van der Waals surface area contributed by atoms with Gasteiger partial charge in [-0.2, -0.15) is 0 Å². The van der Waals surface area contributed by atoms with E-state index in [4.69, 9.17) is 0 Å². The van der Waals surface area contributed by atoms with Gasteiger partial charge in [0, 0.05) is 38.8 Å². The van der Waals surface area contributed by atoms with E-state index in [2.05, 4.69) is 47.0 Å². The van der Waals surface area contributed by atoms with E-state index in [0.717, 1.165) is 15.6 Å². The van der Waals surface area contributed by atoms with Gasteiger partial charge < -0.3 is 5.32 Å². The number of hydrogen-bond acceptors (Lipinski definition) is 5. The molecule has 2 rings (SSSR count). The molecule has 112 valence electrons. The van der Waals surface area contributed by atoms with Crippen molar-refractivity contribution in [3.8, 4) is 0 Å². The largest absolute Gasteiger partial charge is 0.379 e. The zero-order chi connectivity index (χ0) is 15.6. The van der Waals surface area contributed by atoms with Crippen LogP contribution in [-0.2, 0) is 12.0 Å². The van der Waals surface area contributed by atoms with Gasteiger partial charge in [0.1, 0.15) is 0 Å². The monoisotopic (exact) mass is 369 g/mol. The summed E-state index contributed by atoms with van der Waals surface area (Å²) in [4.78, 5) is 15.9. The van der Waals surface area contributed by atoms with E-state index in [0.29, 0.717) is 11.0 Å². The second-order valence-electron chi connectivity index (χ2n) is 5.66. The molecule has 0 atom stereocenters. The summed E-state index contributed by atoms with van der Waals surface area (Å²) in [6.07, 6.45) is 1.87. The summed E-state index contributed by atoms with van der Waals surface area (Å²) >= 11 is 5.02. The minimum Gasteiger partial charge on any atom is -0.379 e. The zero-order valence-electron chi connectivity index (χ0n) is 12.0. The highest BCUT2D eigenvalue weighted by Crippen LogP contribution is 2.29. The van der Waals surface area contributed by atoms with Crippen LogP contribution in [0.5, 0.6) is 0 Å². The molecule has 1 heterocycles. The average molecular weight is 370 g/mol. The number of anilines is 1. The summed E-state index contributed by atoms with van der Waals surface area (Å²) in [6.45, 7) is 7.05. The Bertz CT molecular complexity index is 664. The lowest BCUT2D eigenvalue weighted by atomic mass is 9.98. The third-order valence-electron chi connectivity index (χ3n) is 2.81. The fourth-order valence-corrected chi connectivity index (χ4v) is 3.10. The number of aromatic nitrogens is 1. The van der Waals surface area contributed by atoms with E-state index >= 15 is 0 Å². The van der Waals surface area contributed by atoms with Crippen LogP contribution >= 0.6 is 27.3 Å². The van der Waals surface area contributed by atoms with Gasteiger partial charge in [-0.1, -0.05) is 20.8 Å². The SMILES string of the molecule is CC(C)(C)c1ncc(CNc2ccc([N+](=O)[O-])cc2Br)s1. The quantitative estimate of drug-likeness (QED) is 0.624. The van der Waals surface area contributed by atoms with Gasteiger partial charge in [0.15, 0.2) is 0 Å². The Hall–Kier alpha value is -1.47. The van der Waals surface area contributed by atoms with Gasteiger partial charge >= 0.3 is 0 Å². The highest BCUT2D eigenvalue weighted by Gasteiger charge is 2.18. The van der Waals surface area contributed by atoms with Crippen molar-refractivity contribution in [3.63, 3.8) is 0 Å². The molecule has 2 aromatic rings. The molecule has 1 aromatic heterocycles. The fourth-order valence-electron chi connectivity index (χ4n) is 1.68. The van der Waals surface area contributed by atoms with Crippen LogP contribution in [0.2, 0.25) is 0 Å². The molecule has 0 saturated heterocycles. The first kappa shape index (κ1) is 15.9. The van der Waals surface area contributed by atoms with Crippen LogP contribution in [0.25, 0.3) is 0 Å². The van der Waals surface area contributed by atoms with Crippen LogP contribution in [-0.4, -0.2) is 9.91 Å². The van der Waals surface area contributed by atoms with E-state index in [-0.39, 0.29) is 11.1 Å². The Labute approximate surface area is 135 Å². The predicted molar refractivity (Wildman–Crippen MR) is 88.9 cm³/mol. The van der Waals surface area contributed by atoms with E-state index < -0.39 is 4.92 Å². The summed E-state index contributed by atoms with van der Waals surface area (Å²) in [5, 5.41) is 15.1. The van der Waals surface area contributed by atoms with E-state index in [1.807, 2.05) is 6.20 Å². The first-order valence-corrected chi connectivity index (χ1v) is 8.01. The smallest absolute Gasteiger partial charge is 0.270 e. The van der Waals surface area contributed by atoms with Crippen molar-refractivity contribution in [2.45, 2.75) is 32.7 Å². The van der Waals surface area contributed by atoms with E-state index in [1.165, 1.54) is 12.1 Å². The number of thiazole rings is 1. The maximum Gasteiger partial charge on any atom is 0.270 e. The number of benzene rings is 1. The van der Waals surface area contributed by atoms with Gasteiger partial charge in [-0.25, -0.2) is 4.98 Å². The number of nitro benzene ring substituents is 1. The number of nitro groups is 1. The Morgan fingerprint density at radius 1 is 1.43 bits per heavy atom. The molecule has 0 aliphatic rings. The second-order valence-corrected chi connectivity index (χ2v) is 7.63. The summed E-state index contributed by atoms with van der Waals surface area (Å²) in [5.41, 5.74) is 0.947. The van der Waals surface area contributed by atoms with Gasteiger partial charge in [-0.05, 0) is 22.0 Å². The normalized spacial score (nSPS) is 11.4. The molecule has 0 fully saturated rings. The molecule has 1 aromatic carbocycles. The maximum atomic E-state index is 10.7. The van der Waals surface area contributed by atoms with Crippen LogP contribution in [0.15, 0.2) is 28.9 Å². The predicted octanol–water partition coefficient (Wildman–Crippen LogP) is 4.72. The zero-order valence-corrected chi connectivity index (χ0v) is 14.4. The summed E-state index contributed by atoms with van der Waals surface area (Å²) in [5.74, 6) is 0. The Morgan fingerprint density at radius 3 is 2.67 bits per heavy atom. The highest BCUT2D eigenvalue weighted by molar-refractivity contribution is 9.10. The van der Waals surface area contributed by atoms with E-state index in [9.17, 15) is 10.1 Å². The van der Waals surface area contributed by atoms with Crippen LogP contribution < -0.4 is 5.32 Å². The molecule has 21 heavy (non-hydrogen) atoms. The van der Waals surface area contributed by atoms with Crippen molar-refractivity contribution in [2.24, 2.45) is 0 Å². The van der Waals surface area contributed by atoms with Gasteiger partial charge in [0.2, 0.25) is 0 Å². The molecule has 7 heteroatoms. The van der Waals surface area contributed by atoms with Crippen molar-refractivity contribution in [1.82, 2.24) is 4.98 Å².